The van der Waals surface area contributed by atoms with Crippen LogP contribution >= 0.6 is 0 Å². The van der Waals surface area contributed by atoms with Gasteiger partial charge in [0.15, 0.2) is 0 Å². The van der Waals surface area contributed by atoms with Crippen molar-refractivity contribution in [1.29, 1.82) is 0 Å². The molecule has 0 unspecified atom stereocenters. The number of rotatable bonds is 6. The highest BCUT2D eigenvalue weighted by atomic mass is 16.2. The molecule has 0 aliphatic rings. The summed E-state index contributed by atoms with van der Waals surface area (Å²) in [7, 11) is 0. The summed E-state index contributed by atoms with van der Waals surface area (Å²) >= 11 is 0. The second kappa shape index (κ2) is 7.61. The Morgan fingerprint density at radius 2 is 1.72 bits per heavy atom. The van der Waals surface area contributed by atoms with E-state index in [1.165, 1.54) is 6.92 Å². The maximum Gasteiger partial charge on any atom is 0.253 e. The Kier molecular flexibility index (Phi) is 5.09. The van der Waals surface area contributed by atoms with Crippen LogP contribution in [0.4, 0.5) is 11.9 Å². The van der Waals surface area contributed by atoms with Gasteiger partial charge >= 0.3 is 0 Å². The number of nitrogens with one attached hydrogen (secondary N) is 1. The summed E-state index contributed by atoms with van der Waals surface area (Å²) in [6.07, 6.45) is 0. The fourth-order valence-electron chi connectivity index (χ4n) is 2.56. The van der Waals surface area contributed by atoms with Gasteiger partial charge in [-0.2, -0.15) is 9.67 Å². The summed E-state index contributed by atoms with van der Waals surface area (Å²) in [5.74, 6) is 0.918. The number of hydrogen-bond acceptors (Lipinski definition) is 4. The monoisotopic (exact) mass is 335 g/mol. The van der Waals surface area contributed by atoms with Gasteiger partial charge in [0.1, 0.15) is 0 Å². The fourth-order valence-corrected chi connectivity index (χ4v) is 2.56. The maximum absolute atomic E-state index is 11.8. The van der Waals surface area contributed by atoms with Gasteiger partial charge in [0.25, 0.3) is 5.95 Å². The minimum atomic E-state index is -0.0812. The minimum absolute atomic E-state index is 0.0812. The highest BCUT2D eigenvalue weighted by molar-refractivity contribution is 5.89. The third kappa shape index (κ3) is 3.85. The Bertz CT molecular complexity index is 830. The molecule has 0 spiro atoms. The lowest BCUT2D eigenvalue weighted by atomic mass is 10.2. The number of aromatic nitrogens is 3. The number of nitrogens with zero attached hydrogens (tertiary/aromatic N) is 4. The zero-order valence-corrected chi connectivity index (χ0v) is 14.4. The third-order valence-corrected chi connectivity index (χ3v) is 3.83. The number of benzene rings is 2. The van der Waals surface area contributed by atoms with Gasteiger partial charge in [-0.1, -0.05) is 48.5 Å². The Balaban J connectivity index is 1.94. The SMILES string of the molecule is CCN(C(C)=O)c1nc(NCc2ccccc2)n(-c2ccccc2)n1. The second-order valence-electron chi connectivity index (χ2n) is 5.59. The van der Waals surface area contributed by atoms with Crippen molar-refractivity contribution >= 4 is 17.8 Å². The highest BCUT2D eigenvalue weighted by Gasteiger charge is 2.18. The first kappa shape index (κ1) is 16.7. The zero-order valence-electron chi connectivity index (χ0n) is 14.4. The van der Waals surface area contributed by atoms with Crippen LogP contribution in [0, 0.1) is 0 Å². The van der Waals surface area contributed by atoms with Crippen LogP contribution in [0.25, 0.3) is 5.69 Å². The summed E-state index contributed by atoms with van der Waals surface area (Å²) in [5, 5.41) is 7.85. The summed E-state index contributed by atoms with van der Waals surface area (Å²) in [6, 6.07) is 19.8. The predicted molar refractivity (Wildman–Crippen MR) is 98.8 cm³/mol. The van der Waals surface area contributed by atoms with Crippen LogP contribution in [-0.2, 0) is 11.3 Å². The van der Waals surface area contributed by atoms with Gasteiger partial charge in [-0.25, -0.2) is 0 Å². The molecule has 1 N–H and O–H groups in total. The van der Waals surface area contributed by atoms with Crippen molar-refractivity contribution in [2.24, 2.45) is 0 Å². The van der Waals surface area contributed by atoms with Crippen LogP contribution in [-0.4, -0.2) is 27.2 Å². The summed E-state index contributed by atoms with van der Waals surface area (Å²) < 4.78 is 1.73. The number of carbonyl (C=O) groups is 1. The first-order valence-corrected chi connectivity index (χ1v) is 8.27. The van der Waals surface area contributed by atoms with Crippen molar-refractivity contribution in [3.8, 4) is 5.69 Å². The molecule has 6 nitrogen and oxygen atoms in total. The maximum atomic E-state index is 11.8. The summed E-state index contributed by atoms with van der Waals surface area (Å²) in [5.41, 5.74) is 2.03. The molecule has 0 aliphatic carbocycles. The normalized spacial score (nSPS) is 10.5. The van der Waals surface area contributed by atoms with Crippen LogP contribution in [0.1, 0.15) is 19.4 Å². The molecule has 0 saturated carbocycles. The van der Waals surface area contributed by atoms with E-state index in [0.717, 1.165) is 11.3 Å². The molecule has 2 aromatic carbocycles. The van der Waals surface area contributed by atoms with Crippen molar-refractivity contribution < 1.29 is 4.79 Å². The standard InChI is InChI=1S/C19H21N5O/c1-3-23(15(2)25)19-21-18(20-14-16-10-6-4-7-11-16)24(22-19)17-12-8-5-9-13-17/h4-13H,3,14H2,1-2H3,(H,20,21,22). The van der Waals surface area contributed by atoms with E-state index in [0.29, 0.717) is 25.0 Å². The average molecular weight is 335 g/mol. The predicted octanol–water partition coefficient (Wildman–Crippen LogP) is 3.25. The number of carbonyl (C=O) groups excluding carboxylic acids is 1. The number of amides is 1. The average Bonchev–Trinajstić information content (AvgIpc) is 3.06. The molecule has 1 heterocycles. The molecule has 25 heavy (non-hydrogen) atoms. The molecule has 0 fully saturated rings. The number of anilines is 2. The molecule has 1 aromatic heterocycles. The van der Waals surface area contributed by atoms with Crippen molar-refractivity contribution in [3.05, 3.63) is 66.2 Å². The van der Waals surface area contributed by atoms with Crippen LogP contribution in [0.2, 0.25) is 0 Å². The van der Waals surface area contributed by atoms with E-state index in [1.807, 2.05) is 67.6 Å². The molecule has 6 heteroatoms. The molecule has 1 amide bonds. The van der Waals surface area contributed by atoms with Crippen molar-refractivity contribution in [1.82, 2.24) is 14.8 Å². The van der Waals surface area contributed by atoms with E-state index < -0.39 is 0 Å². The Labute approximate surface area is 147 Å². The van der Waals surface area contributed by atoms with Crippen LogP contribution in [0.15, 0.2) is 60.7 Å². The lowest BCUT2D eigenvalue weighted by Gasteiger charge is -2.13. The first-order valence-electron chi connectivity index (χ1n) is 8.27. The van der Waals surface area contributed by atoms with E-state index in [1.54, 1.807) is 9.58 Å². The highest BCUT2D eigenvalue weighted by Crippen LogP contribution is 2.19. The quantitative estimate of drug-likeness (QED) is 0.751. The van der Waals surface area contributed by atoms with Gasteiger partial charge in [0.05, 0.1) is 5.69 Å². The lowest BCUT2D eigenvalue weighted by molar-refractivity contribution is -0.116. The Hall–Kier alpha value is -3.15. The second-order valence-corrected chi connectivity index (χ2v) is 5.59. The van der Waals surface area contributed by atoms with Crippen LogP contribution in [0.3, 0.4) is 0 Å². The fraction of sp³-hybridized carbons (Fsp3) is 0.211. The van der Waals surface area contributed by atoms with E-state index in [-0.39, 0.29) is 5.91 Å². The third-order valence-electron chi connectivity index (χ3n) is 3.83. The molecular formula is C19H21N5O. The summed E-state index contributed by atoms with van der Waals surface area (Å²) in [4.78, 5) is 17.9. The molecule has 3 rings (SSSR count). The van der Waals surface area contributed by atoms with Gasteiger partial charge in [0, 0.05) is 20.0 Å². The lowest BCUT2D eigenvalue weighted by Crippen LogP contribution is -2.29. The van der Waals surface area contributed by atoms with Crippen LogP contribution in [0.5, 0.6) is 0 Å². The van der Waals surface area contributed by atoms with Gasteiger partial charge < -0.3 is 5.32 Å². The molecule has 0 saturated heterocycles. The molecule has 0 radical (unpaired) electrons. The van der Waals surface area contributed by atoms with Gasteiger partial charge in [-0.15, -0.1) is 5.10 Å². The Morgan fingerprint density at radius 1 is 1.08 bits per heavy atom. The van der Waals surface area contributed by atoms with E-state index in [9.17, 15) is 4.79 Å². The van der Waals surface area contributed by atoms with Crippen molar-refractivity contribution in [2.75, 3.05) is 16.8 Å². The topological polar surface area (TPSA) is 63.1 Å². The van der Waals surface area contributed by atoms with E-state index in [2.05, 4.69) is 15.4 Å². The van der Waals surface area contributed by atoms with Crippen molar-refractivity contribution in [2.45, 2.75) is 20.4 Å². The summed E-state index contributed by atoms with van der Waals surface area (Å²) in [6.45, 7) is 4.57. The van der Waals surface area contributed by atoms with E-state index >= 15 is 0 Å². The minimum Gasteiger partial charge on any atom is -0.350 e. The van der Waals surface area contributed by atoms with Gasteiger partial charge in [0.2, 0.25) is 11.9 Å². The molecule has 128 valence electrons. The van der Waals surface area contributed by atoms with Crippen molar-refractivity contribution in [3.63, 3.8) is 0 Å². The zero-order chi connectivity index (χ0) is 17.6. The van der Waals surface area contributed by atoms with Gasteiger partial charge in [-0.3, -0.25) is 9.69 Å². The van der Waals surface area contributed by atoms with E-state index in [4.69, 9.17) is 0 Å². The number of para-hydroxylation sites is 1. The largest absolute Gasteiger partial charge is 0.350 e. The molecule has 0 bridgehead atoms. The smallest absolute Gasteiger partial charge is 0.253 e. The van der Waals surface area contributed by atoms with Crippen LogP contribution < -0.4 is 10.2 Å². The van der Waals surface area contributed by atoms with Gasteiger partial charge in [-0.05, 0) is 24.6 Å². The first-order chi connectivity index (χ1) is 12.2. The molecular weight excluding hydrogens is 314 g/mol. The molecule has 0 aliphatic heterocycles. The number of hydrogen-bond donors (Lipinski definition) is 1. The Morgan fingerprint density at radius 3 is 2.32 bits per heavy atom. The molecule has 0 atom stereocenters. The molecule has 3 aromatic rings.